The van der Waals surface area contributed by atoms with Crippen molar-refractivity contribution in [3.8, 4) is 0 Å². The van der Waals surface area contributed by atoms with E-state index in [4.69, 9.17) is 11.6 Å². The Morgan fingerprint density at radius 1 is 1.56 bits per heavy atom. The van der Waals surface area contributed by atoms with E-state index in [0.29, 0.717) is 6.04 Å². The van der Waals surface area contributed by atoms with E-state index in [1.165, 1.54) is 28.2 Å². The van der Waals surface area contributed by atoms with Crippen molar-refractivity contribution in [2.45, 2.75) is 44.0 Å². The highest BCUT2D eigenvalue weighted by Gasteiger charge is 2.19. The van der Waals surface area contributed by atoms with Crippen LogP contribution in [0.3, 0.4) is 0 Å². The first-order valence-electron chi connectivity index (χ1n) is 6.58. The highest BCUT2D eigenvalue weighted by atomic mass is 35.5. The predicted octanol–water partition coefficient (Wildman–Crippen LogP) is 4.79. The average molecular weight is 282 g/mol. The molecule has 1 aliphatic heterocycles. The second-order valence-corrected chi connectivity index (χ2v) is 6.23. The van der Waals surface area contributed by atoms with Crippen LogP contribution in [-0.2, 0) is 0 Å². The molecule has 3 heteroatoms. The molecule has 1 saturated heterocycles. The van der Waals surface area contributed by atoms with Crippen LogP contribution in [0.25, 0.3) is 0 Å². The molecular formula is C15H20ClNS. The highest BCUT2D eigenvalue weighted by molar-refractivity contribution is 8.03. The van der Waals surface area contributed by atoms with Gasteiger partial charge in [0.05, 0.1) is 0 Å². The van der Waals surface area contributed by atoms with E-state index in [9.17, 15) is 0 Å². The third-order valence-electron chi connectivity index (χ3n) is 3.17. The molecule has 1 aromatic rings. The van der Waals surface area contributed by atoms with Crippen molar-refractivity contribution >= 4 is 23.4 Å². The fourth-order valence-corrected chi connectivity index (χ4v) is 3.67. The van der Waals surface area contributed by atoms with Gasteiger partial charge in [0.1, 0.15) is 0 Å². The van der Waals surface area contributed by atoms with Gasteiger partial charge in [0.25, 0.3) is 0 Å². The van der Waals surface area contributed by atoms with Crippen molar-refractivity contribution in [2.24, 2.45) is 0 Å². The molecule has 2 rings (SSSR count). The number of allylic oxidation sites excluding steroid dienone is 1. The average Bonchev–Trinajstić information content (AvgIpc) is 2.85. The van der Waals surface area contributed by atoms with Gasteiger partial charge in [-0.2, -0.15) is 0 Å². The van der Waals surface area contributed by atoms with E-state index in [2.05, 4.69) is 31.3 Å². The Kier molecular flexibility index (Phi) is 5.16. The Balaban J connectivity index is 2.15. The quantitative estimate of drug-likeness (QED) is 0.797. The summed E-state index contributed by atoms with van der Waals surface area (Å²) in [5.41, 5.74) is 1.26. The van der Waals surface area contributed by atoms with Gasteiger partial charge in [-0.15, -0.1) is 0 Å². The first-order valence-corrected chi connectivity index (χ1v) is 7.77. The lowest BCUT2D eigenvalue weighted by Crippen LogP contribution is -2.22. The molecule has 1 heterocycles. The summed E-state index contributed by atoms with van der Waals surface area (Å²) in [5.74, 6) is 0. The molecule has 98 valence electrons. The summed E-state index contributed by atoms with van der Waals surface area (Å²) in [7, 11) is 0. The molecule has 0 spiro atoms. The van der Waals surface area contributed by atoms with Crippen LogP contribution in [0.5, 0.6) is 0 Å². The molecule has 0 aromatic heterocycles. The third-order valence-corrected chi connectivity index (χ3v) is 4.77. The first-order chi connectivity index (χ1) is 8.70. The molecule has 18 heavy (non-hydrogen) atoms. The van der Waals surface area contributed by atoms with Crippen molar-refractivity contribution in [2.75, 3.05) is 6.54 Å². The van der Waals surface area contributed by atoms with Gasteiger partial charge in [0.15, 0.2) is 0 Å². The maximum absolute atomic E-state index is 6.01. The molecule has 0 bridgehead atoms. The molecule has 0 saturated carbocycles. The minimum atomic E-state index is 0.546. The summed E-state index contributed by atoms with van der Waals surface area (Å²) >= 11 is 7.89. The molecule has 0 aliphatic carbocycles. The molecule has 1 N–H and O–H groups in total. The van der Waals surface area contributed by atoms with Crippen molar-refractivity contribution in [3.05, 3.63) is 39.8 Å². The van der Waals surface area contributed by atoms with Gasteiger partial charge in [-0.3, -0.25) is 0 Å². The van der Waals surface area contributed by atoms with E-state index >= 15 is 0 Å². The normalized spacial score (nSPS) is 20.4. The van der Waals surface area contributed by atoms with Crippen LogP contribution in [-0.4, -0.2) is 12.6 Å². The van der Waals surface area contributed by atoms with Gasteiger partial charge in [-0.1, -0.05) is 36.4 Å². The Hall–Kier alpha value is -0.440. The highest BCUT2D eigenvalue weighted by Crippen LogP contribution is 2.35. The summed E-state index contributed by atoms with van der Waals surface area (Å²) < 4.78 is 0. The molecule has 1 aromatic carbocycles. The Labute approximate surface area is 119 Å². The topological polar surface area (TPSA) is 12.0 Å². The van der Waals surface area contributed by atoms with Crippen LogP contribution >= 0.6 is 23.4 Å². The van der Waals surface area contributed by atoms with Crippen LogP contribution < -0.4 is 5.32 Å². The summed E-state index contributed by atoms with van der Waals surface area (Å²) in [6.07, 6.45) is 5.98. The lowest BCUT2D eigenvalue weighted by atomic mass is 10.2. The molecule has 1 aliphatic rings. The lowest BCUT2D eigenvalue weighted by Gasteiger charge is -2.16. The minimum absolute atomic E-state index is 0.546. The number of nitrogens with one attached hydrogen (secondary N) is 1. The van der Waals surface area contributed by atoms with Crippen molar-refractivity contribution in [1.29, 1.82) is 0 Å². The second kappa shape index (κ2) is 6.65. The van der Waals surface area contributed by atoms with E-state index in [0.717, 1.165) is 18.0 Å². The maximum atomic E-state index is 6.01. The molecular weight excluding hydrogens is 262 g/mol. The van der Waals surface area contributed by atoms with Gasteiger partial charge in [-0.05, 0) is 56.5 Å². The van der Waals surface area contributed by atoms with E-state index in [1.807, 2.05) is 23.9 Å². The van der Waals surface area contributed by atoms with Gasteiger partial charge in [0.2, 0.25) is 0 Å². The summed E-state index contributed by atoms with van der Waals surface area (Å²) in [6, 6.07) is 6.68. The first kappa shape index (κ1) is 14.0. The van der Waals surface area contributed by atoms with Crippen LogP contribution in [0.2, 0.25) is 5.02 Å². The van der Waals surface area contributed by atoms with Crippen LogP contribution in [0.1, 0.15) is 31.7 Å². The minimum Gasteiger partial charge on any atom is -0.309 e. The Morgan fingerprint density at radius 3 is 3.00 bits per heavy atom. The number of halogens is 1. The lowest BCUT2D eigenvalue weighted by molar-refractivity contribution is 0.715. The van der Waals surface area contributed by atoms with E-state index in [1.54, 1.807) is 0 Å². The van der Waals surface area contributed by atoms with Crippen LogP contribution in [0.4, 0.5) is 0 Å². The summed E-state index contributed by atoms with van der Waals surface area (Å²) in [5, 5.41) is 4.39. The smallest absolute Gasteiger partial charge is 0.0409 e. The SMILES string of the molecule is CC/C=C(/Sc1ccc(Cl)cc1C)C1CCCN1. The standard InChI is InChI=1S/C15H20ClNS/c1-3-5-15(13-6-4-9-17-13)18-14-8-7-12(16)10-11(14)2/h5,7-8,10,13,17H,3-4,6,9H2,1-2H3/b15-5+. The Bertz CT molecular complexity index is 436. The largest absolute Gasteiger partial charge is 0.309 e. The number of hydrogen-bond donors (Lipinski definition) is 1. The number of hydrogen-bond acceptors (Lipinski definition) is 2. The second-order valence-electron chi connectivity index (χ2n) is 4.68. The zero-order valence-corrected chi connectivity index (χ0v) is 12.6. The maximum Gasteiger partial charge on any atom is 0.0409 e. The number of aryl methyl sites for hydroxylation is 1. The molecule has 0 radical (unpaired) electrons. The van der Waals surface area contributed by atoms with Crippen LogP contribution in [0, 0.1) is 6.92 Å². The van der Waals surface area contributed by atoms with Crippen molar-refractivity contribution in [1.82, 2.24) is 5.32 Å². The van der Waals surface area contributed by atoms with Gasteiger partial charge in [-0.25, -0.2) is 0 Å². The molecule has 1 fully saturated rings. The molecule has 0 amide bonds. The third kappa shape index (κ3) is 3.53. The molecule has 1 unspecified atom stereocenters. The number of thioether (sulfide) groups is 1. The number of rotatable bonds is 4. The predicted molar refractivity (Wildman–Crippen MR) is 81.4 cm³/mol. The molecule has 1 atom stereocenters. The van der Waals surface area contributed by atoms with Gasteiger partial charge >= 0.3 is 0 Å². The Morgan fingerprint density at radius 2 is 2.39 bits per heavy atom. The van der Waals surface area contributed by atoms with Gasteiger partial charge in [0, 0.05) is 20.9 Å². The molecule has 1 nitrogen and oxygen atoms in total. The summed E-state index contributed by atoms with van der Waals surface area (Å²) in [4.78, 5) is 2.77. The number of benzene rings is 1. The zero-order valence-electron chi connectivity index (χ0n) is 11.0. The monoisotopic (exact) mass is 281 g/mol. The summed E-state index contributed by atoms with van der Waals surface area (Å²) in [6.45, 7) is 5.47. The van der Waals surface area contributed by atoms with E-state index < -0.39 is 0 Å². The van der Waals surface area contributed by atoms with Crippen molar-refractivity contribution < 1.29 is 0 Å². The zero-order chi connectivity index (χ0) is 13.0. The van der Waals surface area contributed by atoms with Gasteiger partial charge < -0.3 is 5.32 Å². The van der Waals surface area contributed by atoms with E-state index in [-0.39, 0.29) is 0 Å². The van der Waals surface area contributed by atoms with Crippen LogP contribution in [0.15, 0.2) is 34.1 Å². The fraction of sp³-hybridized carbons (Fsp3) is 0.467. The fourth-order valence-electron chi connectivity index (χ4n) is 2.24. The van der Waals surface area contributed by atoms with Crippen molar-refractivity contribution in [3.63, 3.8) is 0 Å².